The molecule has 0 saturated heterocycles. The van der Waals surface area contributed by atoms with Gasteiger partial charge in [-0.05, 0) is 24.7 Å². The molecule has 1 heterocycles. The second-order valence-corrected chi connectivity index (χ2v) is 7.03. The Kier molecular flexibility index (Phi) is 4.14. The van der Waals surface area contributed by atoms with Gasteiger partial charge in [-0.1, -0.05) is 6.92 Å². The first kappa shape index (κ1) is 15.0. The predicted molar refractivity (Wildman–Crippen MR) is 71.6 cm³/mol. The van der Waals surface area contributed by atoms with Gasteiger partial charge in [0.2, 0.25) is 10.0 Å². The van der Waals surface area contributed by atoms with Gasteiger partial charge < -0.3 is 5.11 Å². The molecule has 0 aliphatic heterocycles. The zero-order valence-electron chi connectivity index (χ0n) is 11.4. The summed E-state index contributed by atoms with van der Waals surface area (Å²) in [5, 5.41) is 12.4. The van der Waals surface area contributed by atoms with Gasteiger partial charge in [-0.25, -0.2) is 13.1 Å². The molecule has 0 atom stereocenters. The van der Waals surface area contributed by atoms with E-state index in [1.54, 1.807) is 0 Å². The normalized spacial score (nSPS) is 17.1. The van der Waals surface area contributed by atoms with Crippen LogP contribution in [0.1, 0.15) is 32.6 Å². The fourth-order valence-electron chi connectivity index (χ4n) is 1.98. The van der Waals surface area contributed by atoms with E-state index in [2.05, 4.69) is 16.7 Å². The molecule has 0 radical (unpaired) electrons. The largest absolute Gasteiger partial charge is 0.481 e. The van der Waals surface area contributed by atoms with Crippen LogP contribution >= 0.6 is 0 Å². The number of nitrogens with zero attached hydrogens (tertiary/aromatic N) is 2. The summed E-state index contributed by atoms with van der Waals surface area (Å²) in [5.74, 6) is -0.943. The number of aromatic nitrogens is 2. The Morgan fingerprint density at radius 2 is 2.25 bits per heavy atom. The van der Waals surface area contributed by atoms with E-state index in [1.807, 2.05) is 0 Å². The highest BCUT2D eigenvalue weighted by Gasteiger charge is 2.41. The lowest BCUT2D eigenvalue weighted by atomic mass is 10.1. The van der Waals surface area contributed by atoms with Crippen LogP contribution < -0.4 is 4.72 Å². The van der Waals surface area contributed by atoms with Gasteiger partial charge in [0.15, 0.2) is 0 Å². The maximum absolute atomic E-state index is 12.1. The quantitative estimate of drug-likeness (QED) is 0.740. The molecule has 0 aromatic carbocycles. The van der Waals surface area contributed by atoms with Crippen molar-refractivity contribution in [2.45, 2.75) is 44.0 Å². The molecule has 7 nitrogen and oxygen atoms in total. The van der Waals surface area contributed by atoms with Gasteiger partial charge in [0.05, 0.1) is 19.2 Å². The maximum Gasteiger partial charge on any atom is 0.305 e. The van der Waals surface area contributed by atoms with Crippen molar-refractivity contribution in [1.82, 2.24) is 14.5 Å². The second-order valence-electron chi connectivity index (χ2n) is 5.26. The van der Waals surface area contributed by atoms with Crippen molar-refractivity contribution in [3.8, 4) is 0 Å². The van der Waals surface area contributed by atoms with Gasteiger partial charge in [-0.3, -0.25) is 9.48 Å². The smallest absolute Gasteiger partial charge is 0.305 e. The Bertz CT molecular complexity index is 590. The molecule has 0 amide bonds. The summed E-state index contributed by atoms with van der Waals surface area (Å²) in [5.41, 5.74) is 0.131. The average Bonchev–Trinajstić information content (AvgIpc) is 3.02. The molecular weight excluding hydrogens is 282 g/mol. The Morgan fingerprint density at radius 3 is 2.80 bits per heavy atom. The Hall–Kier alpha value is -1.41. The van der Waals surface area contributed by atoms with Crippen molar-refractivity contribution in [3.05, 3.63) is 12.4 Å². The molecular formula is C12H19N3O4S. The van der Waals surface area contributed by atoms with E-state index in [-0.39, 0.29) is 23.3 Å². The van der Waals surface area contributed by atoms with Crippen molar-refractivity contribution in [3.63, 3.8) is 0 Å². The van der Waals surface area contributed by atoms with Crippen molar-refractivity contribution >= 4 is 16.0 Å². The van der Waals surface area contributed by atoms with Crippen LogP contribution in [0.4, 0.5) is 0 Å². The van der Waals surface area contributed by atoms with Crippen LogP contribution in [0.25, 0.3) is 0 Å². The molecule has 1 aromatic rings. The van der Waals surface area contributed by atoms with Crippen molar-refractivity contribution in [1.29, 1.82) is 0 Å². The number of aryl methyl sites for hydroxylation is 1. The Morgan fingerprint density at radius 1 is 1.55 bits per heavy atom. The van der Waals surface area contributed by atoms with E-state index in [4.69, 9.17) is 5.11 Å². The van der Waals surface area contributed by atoms with Gasteiger partial charge in [0, 0.05) is 12.7 Å². The van der Waals surface area contributed by atoms with Crippen LogP contribution in [0.15, 0.2) is 17.3 Å². The van der Waals surface area contributed by atoms with Crippen molar-refractivity contribution < 1.29 is 18.3 Å². The topological polar surface area (TPSA) is 101 Å². The zero-order valence-corrected chi connectivity index (χ0v) is 12.2. The predicted octanol–water partition coefficient (Wildman–Crippen LogP) is 0.826. The molecule has 112 valence electrons. The molecule has 0 spiro atoms. The molecule has 0 bridgehead atoms. The number of rotatable bonds is 8. The summed E-state index contributed by atoms with van der Waals surface area (Å²) in [7, 11) is -3.56. The average molecular weight is 301 g/mol. The highest BCUT2D eigenvalue weighted by molar-refractivity contribution is 7.89. The molecule has 2 rings (SSSR count). The van der Waals surface area contributed by atoms with Gasteiger partial charge in [0.25, 0.3) is 0 Å². The fourth-order valence-corrected chi connectivity index (χ4v) is 3.09. The van der Waals surface area contributed by atoms with E-state index in [0.29, 0.717) is 6.54 Å². The number of hydrogen-bond acceptors (Lipinski definition) is 4. The summed E-state index contributed by atoms with van der Waals surface area (Å²) in [4.78, 5) is 10.5. The minimum atomic E-state index is -3.56. The van der Waals surface area contributed by atoms with E-state index < -0.39 is 16.0 Å². The third-order valence-corrected chi connectivity index (χ3v) is 5.17. The summed E-state index contributed by atoms with van der Waals surface area (Å²) in [6.45, 7) is 2.67. The molecule has 20 heavy (non-hydrogen) atoms. The lowest BCUT2D eigenvalue weighted by Crippen LogP contribution is -2.29. The monoisotopic (exact) mass is 301 g/mol. The van der Waals surface area contributed by atoms with Gasteiger partial charge in [-0.15, -0.1) is 0 Å². The Balaban J connectivity index is 1.97. The minimum Gasteiger partial charge on any atom is -0.481 e. The number of carbonyl (C=O) groups is 1. The summed E-state index contributed by atoms with van der Waals surface area (Å²) < 4.78 is 28.1. The van der Waals surface area contributed by atoms with Crippen molar-refractivity contribution in [2.24, 2.45) is 5.41 Å². The summed E-state index contributed by atoms with van der Waals surface area (Å²) in [6, 6.07) is 0. The summed E-state index contributed by atoms with van der Waals surface area (Å²) in [6.07, 6.45) is 5.60. The molecule has 1 saturated carbocycles. The zero-order chi connectivity index (χ0) is 14.8. The summed E-state index contributed by atoms with van der Waals surface area (Å²) >= 11 is 0. The molecule has 8 heteroatoms. The van der Waals surface area contributed by atoms with E-state index in [0.717, 1.165) is 19.3 Å². The molecule has 1 aliphatic carbocycles. The van der Waals surface area contributed by atoms with Crippen LogP contribution in [0.2, 0.25) is 0 Å². The fraction of sp³-hybridized carbons (Fsp3) is 0.667. The van der Waals surface area contributed by atoms with E-state index in [1.165, 1.54) is 17.1 Å². The standard InChI is InChI=1S/C12H19N3O4S/c1-2-12(4-5-12)9-14-20(18,19)10-7-13-15(8-10)6-3-11(16)17/h7-8,14H,2-6,9H2,1H3,(H,16,17). The molecule has 1 aromatic heterocycles. The van der Waals surface area contributed by atoms with Crippen molar-refractivity contribution in [2.75, 3.05) is 6.54 Å². The van der Waals surface area contributed by atoms with Crippen LogP contribution in [0.3, 0.4) is 0 Å². The highest BCUT2D eigenvalue weighted by atomic mass is 32.2. The van der Waals surface area contributed by atoms with Gasteiger partial charge in [-0.2, -0.15) is 5.10 Å². The lowest BCUT2D eigenvalue weighted by Gasteiger charge is -2.12. The molecule has 1 aliphatic rings. The van der Waals surface area contributed by atoms with Crippen LogP contribution in [-0.2, 0) is 21.4 Å². The van der Waals surface area contributed by atoms with Crippen LogP contribution in [-0.4, -0.2) is 35.8 Å². The SMILES string of the molecule is CCC1(CNS(=O)(=O)c2cnn(CCC(=O)O)c2)CC1. The molecule has 0 unspecified atom stereocenters. The third-order valence-electron chi connectivity index (χ3n) is 3.82. The van der Waals surface area contributed by atoms with E-state index >= 15 is 0 Å². The third kappa shape index (κ3) is 3.57. The van der Waals surface area contributed by atoms with Gasteiger partial charge in [0.1, 0.15) is 4.90 Å². The minimum absolute atomic E-state index is 0.0785. The Labute approximate surface area is 118 Å². The first-order valence-electron chi connectivity index (χ1n) is 6.61. The number of carboxylic acid groups (broad SMARTS) is 1. The lowest BCUT2D eigenvalue weighted by molar-refractivity contribution is -0.137. The number of nitrogens with one attached hydrogen (secondary N) is 1. The second kappa shape index (κ2) is 5.53. The number of sulfonamides is 1. The van der Waals surface area contributed by atoms with Crippen LogP contribution in [0.5, 0.6) is 0 Å². The number of hydrogen-bond donors (Lipinski definition) is 2. The molecule has 2 N–H and O–H groups in total. The van der Waals surface area contributed by atoms with Gasteiger partial charge >= 0.3 is 5.97 Å². The first-order valence-corrected chi connectivity index (χ1v) is 8.09. The van der Waals surface area contributed by atoms with E-state index in [9.17, 15) is 13.2 Å². The first-order chi connectivity index (χ1) is 9.37. The number of aliphatic carboxylic acids is 1. The van der Waals surface area contributed by atoms with Crippen LogP contribution in [0, 0.1) is 5.41 Å². The number of carboxylic acids is 1. The maximum atomic E-state index is 12.1. The highest BCUT2D eigenvalue weighted by Crippen LogP contribution is 2.48. The molecule has 1 fully saturated rings.